The highest BCUT2D eigenvalue weighted by atomic mass is 79.9. The molecule has 0 heterocycles. The standard InChI is InChI=1S/C17H17BrF2/c1-2-3-4-15(12-5-8-14(18)9-6-12)13-7-10-16(19)17(20)11-13/h5-11,15H,2-4H2,1H3. The van der Waals surface area contributed by atoms with Gasteiger partial charge in [-0.05, 0) is 41.8 Å². The first-order valence-electron chi connectivity index (χ1n) is 6.82. The first kappa shape index (κ1) is 15.2. The largest absolute Gasteiger partial charge is 0.204 e. The highest BCUT2D eigenvalue weighted by Gasteiger charge is 2.15. The second-order valence-corrected chi connectivity index (χ2v) is 5.84. The smallest absolute Gasteiger partial charge is 0.159 e. The zero-order chi connectivity index (χ0) is 14.5. The fraction of sp³-hybridized carbons (Fsp3) is 0.294. The van der Waals surface area contributed by atoms with Crippen LogP contribution in [0.25, 0.3) is 0 Å². The van der Waals surface area contributed by atoms with Gasteiger partial charge < -0.3 is 0 Å². The van der Waals surface area contributed by atoms with E-state index in [1.807, 2.05) is 24.3 Å². The lowest BCUT2D eigenvalue weighted by molar-refractivity contribution is 0.505. The molecule has 0 aromatic heterocycles. The van der Waals surface area contributed by atoms with Crippen LogP contribution in [-0.4, -0.2) is 0 Å². The van der Waals surface area contributed by atoms with Crippen molar-refractivity contribution in [3.05, 3.63) is 69.7 Å². The molecular formula is C17H17BrF2. The van der Waals surface area contributed by atoms with Crippen LogP contribution in [0.5, 0.6) is 0 Å². The van der Waals surface area contributed by atoms with Crippen LogP contribution in [0.15, 0.2) is 46.9 Å². The summed E-state index contributed by atoms with van der Waals surface area (Å²) in [6.45, 7) is 2.13. The maximum Gasteiger partial charge on any atom is 0.159 e. The highest BCUT2D eigenvalue weighted by molar-refractivity contribution is 9.10. The Hall–Kier alpha value is -1.22. The number of rotatable bonds is 5. The first-order chi connectivity index (χ1) is 9.61. The minimum absolute atomic E-state index is 0.109. The van der Waals surface area contributed by atoms with Crippen LogP contribution in [-0.2, 0) is 0 Å². The molecule has 0 radical (unpaired) electrons. The van der Waals surface area contributed by atoms with E-state index >= 15 is 0 Å². The number of halogens is 3. The molecular weight excluding hydrogens is 322 g/mol. The molecule has 2 rings (SSSR count). The molecule has 0 saturated heterocycles. The van der Waals surface area contributed by atoms with Crippen molar-refractivity contribution in [3.8, 4) is 0 Å². The van der Waals surface area contributed by atoms with Gasteiger partial charge in [-0.1, -0.05) is 53.9 Å². The Labute approximate surface area is 127 Å². The summed E-state index contributed by atoms with van der Waals surface area (Å²) in [6, 6.07) is 12.2. The van der Waals surface area contributed by atoms with E-state index in [0.29, 0.717) is 0 Å². The van der Waals surface area contributed by atoms with Gasteiger partial charge >= 0.3 is 0 Å². The van der Waals surface area contributed by atoms with Gasteiger partial charge in [0.1, 0.15) is 0 Å². The minimum Gasteiger partial charge on any atom is -0.204 e. The van der Waals surface area contributed by atoms with Gasteiger partial charge in [-0.3, -0.25) is 0 Å². The van der Waals surface area contributed by atoms with E-state index in [0.717, 1.165) is 34.9 Å². The lowest BCUT2D eigenvalue weighted by atomic mass is 9.87. The van der Waals surface area contributed by atoms with Crippen molar-refractivity contribution in [3.63, 3.8) is 0 Å². The summed E-state index contributed by atoms with van der Waals surface area (Å²) < 4.78 is 27.6. The lowest BCUT2D eigenvalue weighted by Gasteiger charge is -2.18. The Morgan fingerprint density at radius 2 is 1.60 bits per heavy atom. The summed E-state index contributed by atoms with van der Waals surface area (Å²) in [5.41, 5.74) is 1.97. The third-order valence-corrected chi connectivity index (χ3v) is 3.99. The van der Waals surface area contributed by atoms with Crippen molar-refractivity contribution >= 4 is 15.9 Å². The molecule has 0 aliphatic carbocycles. The highest BCUT2D eigenvalue weighted by Crippen LogP contribution is 2.31. The summed E-state index contributed by atoms with van der Waals surface area (Å²) in [5.74, 6) is -1.46. The van der Waals surface area contributed by atoms with Crippen LogP contribution in [0.1, 0.15) is 43.2 Å². The van der Waals surface area contributed by atoms with Crippen LogP contribution in [0, 0.1) is 11.6 Å². The van der Waals surface area contributed by atoms with Crippen molar-refractivity contribution in [2.45, 2.75) is 32.1 Å². The molecule has 0 aliphatic rings. The molecule has 0 spiro atoms. The average Bonchev–Trinajstić information content (AvgIpc) is 2.45. The van der Waals surface area contributed by atoms with E-state index in [2.05, 4.69) is 22.9 Å². The Morgan fingerprint density at radius 3 is 2.20 bits per heavy atom. The van der Waals surface area contributed by atoms with Crippen LogP contribution in [0.4, 0.5) is 8.78 Å². The fourth-order valence-corrected chi connectivity index (χ4v) is 2.62. The molecule has 0 fully saturated rings. The molecule has 1 atom stereocenters. The van der Waals surface area contributed by atoms with Gasteiger partial charge in [0.2, 0.25) is 0 Å². The molecule has 0 saturated carbocycles. The molecule has 0 amide bonds. The Balaban J connectivity index is 2.35. The van der Waals surface area contributed by atoms with Gasteiger partial charge in [-0.15, -0.1) is 0 Å². The summed E-state index contributed by atoms with van der Waals surface area (Å²) in [7, 11) is 0. The van der Waals surface area contributed by atoms with Crippen molar-refractivity contribution in [2.24, 2.45) is 0 Å². The van der Waals surface area contributed by atoms with Gasteiger partial charge in [-0.2, -0.15) is 0 Å². The van der Waals surface area contributed by atoms with Crippen LogP contribution in [0.2, 0.25) is 0 Å². The molecule has 0 bridgehead atoms. The molecule has 0 aliphatic heterocycles. The van der Waals surface area contributed by atoms with E-state index in [1.165, 1.54) is 12.1 Å². The molecule has 2 aromatic carbocycles. The summed E-state index contributed by atoms with van der Waals surface area (Å²) in [4.78, 5) is 0. The number of benzene rings is 2. The maximum absolute atomic E-state index is 13.5. The molecule has 106 valence electrons. The number of unbranched alkanes of at least 4 members (excludes halogenated alkanes) is 1. The second kappa shape index (κ2) is 6.98. The zero-order valence-corrected chi connectivity index (χ0v) is 13.0. The molecule has 20 heavy (non-hydrogen) atoms. The SMILES string of the molecule is CCCCC(c1ccc(Br)cc1)c1ccc(F)c(F)c1. The van der Waals surface area contributed by atoms with Crippen LogP contribution in [0.3, 0.4) is 0 Å². The van der Waals surface area contributed by atoms with Crippen molar-refractivity contribution in [2.75, 3.05) is 0 Å². The third-order valence-electron chi connectivity index (χ3n) is 3.46. The molecule has 2 aromatic rings. The normalized spacial score (nSPS) is 12.4. The van der Waals surface area contributed by atoms with E-state index in [-0.39, 0.29) is 5.92 Å². The van der Waals surface area contributed by atoms with Gasteiger partial charge in [0.15, 0.2) is 11.6 Å². The molecule has 0 nitrogen and oxygen atoms in total. The monoisotopic (exact) mass is 338 g/mol. The van der Waals surface area contributed by atoms with E-state index in [9.17, 15) is 8.78 Å². The van der Waals surface area contributed by atoms with E-state index < -0.39 is 11.6 Å². The molecule has 0 N–H and O–H groups in total. The Kier molecular flexibility index (Phi) is 5.30. The van der Waals surface area contributed by atoms with Crippen molar-refractivity contribution < 1.29 is 8.78 Å². The average molecular weight is 339 g/mol. The van der Waals surface area contributed by atoms with E-state index in [1.54, 1.807) is 6.07 Å². The summed E-state index contributed by atoms with van der Waals surface area (Å²) in [5, 5.41) is 0. The van der Waals surface area contributed by atoms with Crippen molar-refractivity contribution in [1.29, 1.82) is 0 Å². The Bertz CT molecular complexity index is 564. The molecule has 3 heteroatoms. The predicted octanol–water partition coefficient (Wildman–Crippen LogP) is 6.05. The third kappa shape index (κ3) is 3.66. The van der Waals surface area contributed by atoms with Gasteiger partial charge in [0.25, 0.3) is 0 Å². The zero-order valence-electron chi connectivity index (χ0n) is 11.4. The predicted molar refractivity (Wildman–Crippen MR) is 81.9 cm³/mol. The number of hydrogen-bond acceptors (Lipinski definition) is 0. The summed E-state index contributed by atoms with van der Waals surface area (Å²) >= 11 is 3.42. The van der Waals surface area contributed by atoms with Crippen LogP contribution < -0.4 is 0 Å². The summed E-state index contributed by atoms with van der Waals surface area (Å²) in [6.07, 6.45) is 3.07. The van der Waals surface area contributed by atoms with E-state index in [4.69, 9.17) is 0 Å². The topological polar surface area (TPSA) is 0 Å². The first-order valence-corrected chi connectivity index (χ1v) is 7.61. The van der Waals surface area contributed by atoms with Crippen LogP contribution >= 0.6 is 15.9 Å². The maximum atomic E-state index is 13.5. The number of hydrogen-bond donors (Lipinski definition) is 0. The van der Waals surface area contributed by atoms with Gasteiger partial charge in [-0.25, -0.2) is 8.78 Å². The quantitative estimate of drug-likeness (QED) is 0.622. The Morgan fingerprint density at radius 1 is 0.950 bits per heavy atom. The van der Waals surface area contributed by atoms with Gasteiger partial charge in [0, 0.05) is 10.4 Å². The minimum atomic E-state index is -0.793. The second-order valence-electron chi connectivity index (χ2n) is 4.92. The van der Waals surface area contributed by atoms with Gasteiger partial charge in [0.05, 0.1) is 0 Å². The fourth-order valence-electron chi connectivity index (χ4n) is 2.36. The lowest BCUT2D eigenvalue weighted by Crippen LogP contribution is -2.02. The molecule has 1 unspecified atom stereocenters. The van der Waals surface area contributed by atoms with Crippen molar-refractivity contribution in [1.82, 2.24) is 0 Å².